The molecule has 2 aromatic heterocycles. The number of benzene rings is 2. The minimum Gasteiger partial charge on any atom is -0.349 e. The number of aromatic amines is 2. The molecular weight excluding hydrogens is 490 g/mol. The number of anilines is 2. The van der Waals surface area contributed by atoms with Crippen molar-refractivity contribution in [2.45, 2.75) is 25.7 Å². The molecule has 0 atom stereocenters. The van der Waals surface area contributed by atoms with Gasteiger partial charge in [-0.1, -0.05) is 46.1 Å². The maximum absolute atomic E-state index is 13.0. The Balaban J connectivity index is 1.42. The highest BCUT2D eigenvalue weighted by molar-refractivity contribution is 9.10. The lowest BCUT2D eigenvalue weighted by Gasteiger charge is -2.11. The summed E-state index contributed by atoms with van der Waals surface area (Å²) in [5.74, 6) is -0.817. The van der Waals surface area contributed by atoms with Crippen molar-refractivity contribution in [2.75, 3.05) is 10.6 Å². The first-order valence-electron chi connectivity index (χ1n) is 10.6. The fourth-order valence-corrected chi connectivity index (χ4v) is 4.52. The van der Waals surface area contributed by atoms with Crippen LogP contribution in [0.15, 0.2) is 56.3 Å². The Bertz CT molecular complexity index is 1410. The summed E-state index contributed by atoms with van der Waals surface area (Å²) in [7, 11) is 0. The van der Waals surface area contributed by atoms with Crippen LogP contribution in [0.3, 0.4) is 0 Å². The van der Waals surface area contributed by atoms with E-state index in [2.05, 4.69) is 46.2 Å². The Morgan fingerprint density at radius 2 is 1.85 bits per heavy atom. The third kappa shape index (κ3) is 4.34. The van der Waals surface area contributed by atoms with Crippen LogP contribution in [-0.2, 0) is 4.79 Å². The summed E-state index contributed by atoms with van der Waals surface area (Å²) >= 11 is 3.38. The Kier molecular flexibility index (Phi) is 5.59. The summed E-state index contributed by atoms with van der Waals surface area (Å²) in [5, 5.41) is 10.4. The molecule has 4 N–H and O–H groups in total. The quantitative estimate of drug-likeness (QED) is 0.310. The number of H-pyrrole nitrogens is 2. The first-order valence-corrected chi connectivity index (χ1v) is 11.4. The zero-order valence-corrected chi connectivity index (χ0v) is 19.0. The molecule has 1 aliphatic carbocycles. The number of nitrogens with one attached hydrogen (secondary N) is 4. The zero-order valence-electron chi connectivity index (χ0n) is 17.4. The summed E-state index contributed by atoms with van der Waals surface area (Å²) in [6, 6.07) is 12.4. The normalized spacial score (nSPS) is 14.0. The van der Waals surface area contributed by atoms with Gasteiger partial charge in [-0.05, 0) is 43.2 Å². The van der Waals surface area contributed by atoms with Gasteiger partial charge in [0.05, 0.1) is 16.9 Å². The summed E-state index contributed by atoms with van der Waals surface area (Å²) in [6.45, 7) is 0. The molecule has 10 heteroatoms. The number of carbonyl (C=O) groups excluding carboxylic acids is 2. The number of rotatable bonds is 5. The molecule has 0 spiro atoms. The Morgan fingerprint density at radius 1 is 1.03 bits per heavy atom. The van der Waals surface area contributed by atoms with Gasteiger partial charge in [0.25, 0.3) is 5.91 Å². The van der Waals surface area contributed by atoms with Crippen LogP contribution in [0.5, 0.6) is 0 Å². The molecule has 1 saturated carbocycles. The highest BCUT2D eigenvalue weighted by Crippen LogP contribution is 2.31. The number of hydrogen-bond acceptors (Lipinski definition) is 5. The van der Waals surface area contributed by atoms with E-state index in [1.165, 1.54) is 0 Å². The van der Waals surface area contributed by atoms with Gasteiger partial charge in [-0.15, -0.1) is 0 Å². The van der Waals surface area contributed by atoms with Gasteiger partial charge in [0.15, 0.2) is 5.82 Å². The molecule has 0 radical (unpaired) electrons. The van der Waals surface area contributed by atoms with Crippen molar-refractivity contribution in [3.05, 3.63) is 63.2 Å². The van der Waals surface area contributed by atoms with Crippen molar-refractivity contribution >= 4 is 50.0 Å². The fourth-order valence-electron chi connectivity index (χ4n) is 4.16. The van der Waals surface area contributed by atoms with Crippen molar-refractivity contribution in [3.63, 3.8) is 0 Å². The first kappa shape index (κ1) is 21.2. The van der Waals surface area contributed by atoms with E-state index in [-0.39, 0.29) is 23.6 Å². The molecule has 1 aliphatic rings. The van der Waals surface area contributed by atoms with Gasteiger partial charge in [-0.25, -0.2) is 4.79 Å². The van der Waals surface area contributed by atoms with Crippen LogP contribution in [-0.4, -0.2) is 26.9 Å². The minimum absolute atomic E-state index is 0.0155. The standard InChI is InChI=1S/C23H20BrN5O4/c24-14-8-9-16(15(11-14)20-28-23(32)33-29-20)26-22(31)18-10-13-6-3-7-17(19(13)25-18)27-21(30)12-4-1-2-5-12/h3,6-12,25H,1-2,4-5H2,(H,26,31)(H,27,30)(H,28,29,32). The van der Waals surface area contributed by atoms with Crippen molar-refractivity contribution in [3.8, 4) is 11.4 Å². The molecular formula is C23H20BrN5O4. The number of fused-ring (bicyclic) bond motifs is 1. The minimum atomic E-state index is -0.690. The van der Waals surface area contributed by atoms with Crippen LogP contribution in [0, 0.1) is 5.92 Å². The Labute approximate surface area is 196 Å². The molecule has 0 unspecified atom stereocenters. The number of para-hydroxylation sites is 1. The Hall–Kier alpha value is -3.66. The van der Waals surface area contributed by atoms with Crippen molar-refractivity contribution < 1.29 is 14.1 Å². The smallest absolute Gasteiger partial charge is 0.349 e. The van der Waals surface area contributed by atoms with E-state index < -0.39 is 5.76 Å². The summed E-state index contributed by atoms with van der Waals surface area (Å²) in [4.78, 5) is 42.6. The van der Waals surface area contributed by atoms with Gasteiger partial charge in [0.1, 0.15) is 5.69 Å². The third-order valence-electron chi connectivity index (χ3n) is 5.81. The second-order valence-electron chi connectivity index (χ2n) is 8.01. The van der Waals surface area contributed by atoms with Gasteiger partial charge in [0.2, 0.25) is 5.91 Å². The van der Waals surface area contributed by atoms with Crippen molar-refractivity contribution in [2.24, 2.45) is 5.92 Å². The highest BCUT2D eigenvalue weighted by atomic mass is 79.9. The number of amides is 2. The van der Waals surface area contributed by atoms with E-state index in [9.17, 15) is 14.4 Å². The van der Waals surface area contributed by atoms with Gasteiger partial charge < -0.3 is 15.6 Å². The van der Waals surface area contributed by atoms with E-state index in [4.69, 9.17) is 0 Å². The number of carbonyl (C=O) groups is 2. The number of aromatic nitrogens is 3. The monoisotopic (exact) mass is 509 g/mol. The van der Waals surface area contributed by atoms with Gasteiger partial charge in [-0.2, -0.15) is 0 Å². The average molecular weight is 510 g/mol. The third-order valence-corrected chi connectivity index (χ3v) is 6.30. The average Bonchev–Trinajstić information content (AvgIpc) is 3.55. The van der Waals surface area contributed by atoms with E-state index in [1.807, 2.05) is 18.2 Å². The number of halogens is 1. The zero-order chi connectivity index (χ0) is 22.9. The molecule has 2 aromatic carbocycles. The Morgan fingerprint density at radius 3 is 2.61 bits per heavy atom. The van der Waals surface area contributed by atoms with Gasteiger partial charge >= 0.3 is 5.76 Å². The molecule has 168 valence electrons. The topological polar surface area (TPSA) is 133 Å². The molecule has 2 heterocycles. The van der Waals surface area contributed by atoms with E-state index in [0.717, 1.165) is 35.5 Å². The first-order chi connectivity index (χ1) is 16.0. The van der Waals surface area contributed by atoms with Crippen molar-refractivity contribution in [1.29, 1.82) is 0 Å². The largest absolute Gasteiger partial charge is 0.439 e. The molecule has 1 fully saturated rings. The molecule has 2 amide bonds. The van der Waals surface area contributed by atoms with Gasteiger partial charge in [0, 0.05) is 21.3 Å². The SMILES string of the molecule is O=C(Nc1ccc(Br)cc1-c1noc(=O)[nH]1)c1cc2cccc(NC(=O)C3CCCC3)c2[nH]1. The molecule has 4 aromatic rings. The predicted octanol–water partition coefficient (Wildman–Crippen LogP) is 4.65. The number of hydrogen-bond donors (Lipinski definition) is 4. The van der Waals surface area contributed by atoms with Crippen LogP contribution in [0.25, 0.3) is 22.3 Å². The highest BCUT2D eigenvalue weighted by Gasteiger charge is 2.23. The molecule has 0 bridgehead atoms. The van der Waals surface area contributed by atoms with Crippen LogP contribution in [0.2, 0.25) is 0 Å². The van der Waals surface area contributed by atoms with Crippen LogP contribution < -0.4 is 16.4 Å². The summed E-state index contributed by atoms with van der Waals surface area (Å²) in [5.41, 5.74) is 2.60. The van der Waals surface area contributed by atoms with E-state index in [1.54, 1.807) is 24.3 Å². The lowest BCUT2D eigenvalue weighted by Crippen LogP contribution is -2.20. The molecule has 33 heavy (non-hydrogen) atoms. The maximum Gasteiger partial charge on any atom is 0.439 e. The molecule has 9 nitrogen and oxygen atoms in total. The molecule has 0 aliphatic heterocycles. The maximum atomic E-state index is 13.0. The van der Waals surface area contributed by atoms with Crippen LogP contribution in [0.1, 0.15) is 36.2 Å². The fraction of sp³-hybridized carbons (Fsp3) is 0.217. The summed E-state index contributed by atoms with van der Waals surface area (Å²) in [6.07, 6.45) is 3.98. The van der Waals surface area contributed by atoms with Crippen LogP contribution >= 0.6 is 15.9 Å². The van der Waals surface area contributed by atoms with Gasteiger partial charge in [-0.3, -0.25) is 19.1 Å². The van der Waals surface area contributed by atoms with Crippen molar-refractivity contribution in [1.82, 2.24) is 15.1 Å². The molecule has 5 rings (SSSR count). The lowest BCUT2D eigenvalue weighted by atomic mass is 10.1. The van der Waals surface area contributed by atoms with E-state index >= 15 is 0 Å². The second-order valence-corrected chi connectivity index (χ2v) is 8.93. The summed E-state index contributed by atoms with van der Waals surface area (Å²) < 4.78 is 5.34. The van der Waals surface area contributed by atoms with Crippen LogP contribution in [0.4, 0.5) is 11.4 Å². The number of nitrogens with zero attached hydrogens (tertiary/aromatic N) is 1. The van der Waals surface area contributed by atoms with E-state index in [0.29, 0.717) is 28.1 Å². The second kappa shape index (κ2) is 8.70. The predicted molar refractivity (Wildman–Crippen MR) is 127 cm³/mol. The molecule has 0 saturated heterocycles. The lowest BCUT2D eigenvalue weighted by molar-refractivity contribution is -0.119.